The minimum absolute atomic E-state index is 0.571. The second kappa shape index (κ2) is 6.48. The Hall–Kier alpha value is -2.54. The van der Waals surface area contributed by atoms with E-state index in [1.807, 2.05) is 38.5 Å². The van der Waals surface area contributed by atoms with Crippen LogP contribution in [0, 0.1) is 6.92 Å². The van der Waals surface area contributed by atoms with E-state index in [4.69, 9.17) is 4.52 Å². The van der Waals surface area contributed by atoms with Crippen molar-refractivity contribution in [2.45, 2.75) is 20.0 Å². The van der Waals surface area contributed by atoms with Gasteiger partial charge in [0.05, 0.1) is 6.54 Å². The molecule has 3 heterocycles. The lowest BCUT2D eigenvalue weighted by Crippen LogP contribution is -2.23. The van der Waals surface area contributed by atoms with Gasteiger partial charge in [0.2, 0.25) is 11.7 Å². The Balaban J connectivity index is 1.57. The van der Waals surface area contributed by atoms with Gasteiger partial charge in [-0.05, 0) is 26.1 Å². The largest absolute Gasteiger partial charge is 0.338 e. The number of aromatic nitrogens is 5. The predicted octanol–water partition coefficient (Wildman–Crippen LogP) is 1.77. The molecule has 0 aliphatic heterocycles. The number of nitrogens with zero attached hydrogens (tertiary/aromatic N) is 6. The first-order valence-corrected chi connectivity index (χ1v) is 7.11. The van der Waals surface area contributed by atoms with Gasteiger partial charge in [-0.2, -0.15) is 4.98 Å². The van der Waals surface area contributed by atoms with Crippen LogP contribution in [0.4, 0.5) is 0 Å². The van der Waals surface area contributed by atoms with Crippen LogP contribution in [-0.4, -0.2) is 43.2 Å². The molecule has 0 amide bonds. The molecule has 7 heteroatoms. The SMILES string of the molecule is Cc1nccn1CCN(C)Cc1nc(-c2cccnc2)no1. The smallest absolute Gasteiger partial charge is 0.241 e. The molecule has 22 heavy (non-hydrogen) atoms. The van der Waals surface area contributed by atoms with E-state index in [-0.39, 0.29) is 0 Å². The number of rotatable bonds is 6. The first-order chi connectivity index (χ1) is 10.7. The quantitative estimate of drug-likeness (QED) is 0.690. The topological polar surface area (TPSA) is 72.9 Å². The molecule has 0 saturated heterocycles. The second-order valence-corrected chi connectivity index (χ2v) is 5.16. The summed E-state index contributed by atoms with van der Waals surface area (Å²) in [7, 11) is 2.03. The second-order valence-electron chi connectivity index (χ2n) is 5.16. The normalized spacial score (nSPS) is 11.2. The van der Waals surface area contributed by atoms with Gasteiger partial charge >= 0.3 is 0 Å². The van der Waals surface area contributed by atoms with Gasteiger partial charge in [0.1, 0.15) is 5.82 Å². The van der Waals surface area contributed by atoms with E-state index >= 15 is 0 Å². The molecule has 0 spiro atoms. The van der Waals surface area contributed by atoms with Crippen molar-refractivity contribution in [2.24, 2.45) is 0 Å². The third-order valence-corrected chi connectivity index (χ3v) is 3.44. The van der Waals surface area contributed by atoms with Crippen LogP contribution in [-0.2, 0) is 13.1 Å². The van der Waals surface area contributed by atoms with Crippen molar-refractivity contribution in [3.05, 3.63) is 48.6 Å². The highest BCUT2D eigenvalue weighted by Crippen LogP contribution is 2.14. The number of likely N-dealkylation sites (N-methyl/N-ethyl adjacent to an activating group) is 1. The fraction of sp³-hybridized carbons (Fsp3) is 0.333. The third kappa shape index (κ3) is 3.37. The summed E-state index contributed by atoms with van der Waals surface area (Å²) in [5, 5.41) is 4.00. The van der Waals surface area contributed by atoms with Gasteiger partial charge in [0.25, 0.3) is 0 Å². The van der Waals surface area contributed by atoms with Crippen LogP contribution in [0.15, 0.2) is 41.4 Å². The Bertz CT molecular complexity index is 720. The van der Waals surface area contributed by atoms with Crippen LogP contribution in [0.5, 0.6) is 0 Å². The van der Waals surface area contributed by atoms with Crippen molar-refractivity contribution >= 4 is 0 Å². The molecule has 0 N–H and O–H groups in total. The minimum Gasteiger partial charge on any atom is -0.338 e. The van der Waals surface area contributed by atoms with Crippen molar-refractivity contribution in [2.75, 3.05) is 13.6 Å². The molecule has 0 bridgehead atoms. The van der Waals surface area contributed by atoms with Gasteiger partial charge < -0.3 is 9.09 Å². The maximum Gasteiger partial charge on any atom is 0.241 e. The Labute approximate surface area is 128 Å². The van der Waals surface area contributed by atoms with Crippen LogP contribution >= 0.6 is 0 Å². The van der Waals surface area contributed by atoms with E-state index in [0.717, 1.165) is 24.5 Å². The molecule has 0 aliphatic carbocycles. The fourth-order valence-corrected chi connectivity index (χ4v) is 2.16. The lowest BCUT2D eigenvalue weighted by molar-refractivity contribution is 0.258. The molecule has 0 unspecified atom stereocenters. The molecule has 0 fully saturated rings. The monoisotopic (exact) mass is 298 g/mol. The molecule has 3 rings (SSSR count). The lowest BCUT2D eigenvalue weighted by Gasteiger charge is -2.14. The number of hydrogen-bond acceptors (Lipinski definition) is 6. The predicted molar refractivity (Wildman–Crippen MR) is 80.8 cm³/mol. The molecular formula is C15H18N6O. The summed E-state index contributed by atoms with van der Waals surface area (Å²) < 4.78 is 7.42. The molecular weight excluding hydrogens is 280 g/mol. The molecule has 7 nitrogen and oxygen atoms in total. The first kappa shape index (κ1) is 14.4. The van der Waals surface area contributed by atoms with E-state index in [2.05, 4.69) is 29.6 Å². The van der Waals surface area contributed by atoms with E-state index in [1.165, 1.54) is 0 Å². The Kier molecular flexibility index (Phi) is 4.24. The van der Waals surface area contributed by atoms with E-state index in [9.17, 15) is 0 Å². The molecule has 0 saturated carbocycles. The van der Waals surface area contributed by atoms with Gasteiger partial charge in [-0.15, -0.1) is 0 Å². The summed E-state index contributed by atoms with van der Waals surface area (Å²) >= 11 is 0. The van der Waals surface area contributed by atoms with E-state index in [0.29, 0.717) is 18.3 Å². The maximum absolute atomic E-state index is 5.30. The number of pyridine rings is 1. The van der Waals surface area contributed by atoms with Gasteiger partial charge in [0, 0.05) is 43.4 Å². The average Bonchev–Trinajstić information content (AvgIpc) is 3.15. The van der Waals surface area contributed by atoms with Gasteiger partial charge in [-0.1, -0.05) is 5.16 Å². The summed E-state index contributed by atoms with van der Waals surface area (Å²) in [6.07, 6.45) is 7.24. The van der Waals surface area contributed by atoms with Crippen molar-refractivity contribution in [1.82, 2.24) is 29.6 Å². The number of hydrogen-bond donors (Lipinski definition) is 0. The summed E-state index contributed by atoms with van der Waals surface area (Å²) in [6, 6.07) is 3.76. The van der Waals surface area contributed by atoms with Crippen LogP contribution < -0.4 is 0 Å². The molecule has 0 atom stereocenters. The number of aryl methyl sites for hydroxylation is 1. The van der Waals surface area contributed by atoms with Gasteiger partial charge in [-0.25, -0.2) is 4.98 Å². The van der Waals surface area contributed by atoms with Crippen molar-refractivity contribution in [3.63, 3.8) is 0 Å². The van der Waals surface area contributed by atoms with Gasteiger partial charge in [-0.3, -0.25) is 9.88 Å². The highest BCUT2D eigenvalue weighted by molar-refractivity contribution is 5.51. The number of imidazole rings is 1. The van der Waals surface area contributed by atoms with Crippen molar-refractivity contribution < 1.29 is 4.52 Å². The highest BCUT2D eigenvalue weighted by Gasteiger charge is 2.11. The minimum atomic E-state index is 0.571. The van der Waals surface area contributed by atoms with E-state index < -0.39 is 0 Å². The van der Waals surface area contributed by atoms with Gasteiger partial charge in [0.15, 0.2) is 0 Å². The molecule has 0 aliphatic rings. The Morgan fingerprint density at radius 2 is 2.23 bits per heavy atom. The Morgan fingerprint density at radius 3 is 2.95 bits per heavy atom. The summed E-state index contributed by atoms with van der Waals surface area (Å²) in [5.41, 5.74) is 0.856. The lowest BCUT2D eigenvalue weighted by atomic mass is 10.3. The van der Waals surface area contributed by atoms with Crippen molar-refractivity contribution in [1.29, 1.82) is 0 Å². The molecule has 114 valence electrons. The maximum atomic E-state index is 5.30. The zero-order valence-corrected chi connectivity index (χ0v) is 12.7. The summed E-state index contributed by atoms with van der Waals surface area (Å²) in [6.45, 7) is 4.37. The zero-order chi connectivity index (χ0) is 15.4. The molecule has 3 aromatic heterocycles. The zero-order valence-electron chi connectivity index (χ0n) is 12.7. The first-order valence-electron chi connectivity index (χ1n) is 7.11. The summed E-state index contributed by atoms with van der Waals surface area (Å²) in [5.74, 6) is 2.19. The van der Waals surface area contributed by atoms with Crippen LogP contribution in [0.2, 0.25) is 0 Å². The highest BCUT2D eigenvalue weighted by atomic mass is 16.5. The van der Waals surface area contributed by atoms with Crippen molar-refractivity contribution in [3.8, 4) is 11.4 Å². The van der Waals surface area contributed by atoms with Crippen LogP contribution in [0.3, 0.4) is 0 Å². The Morgan fingerprint density at radius 1 is 1.32 bits per heavy atom. The van der Waals surface area contributed by atoms with Crippen LogP contribution in [0.25, 0.3) is 11.4 Å². The van der Waals surface area contributed by atoms with E-state index in [1.54, 1.807) is 12.4 Å². The third-order valence-electron chi connectivity index (χ3n) is 3.44. The molecule has 0 radical (unpaired) electrons. The van der Waals surface area contributed by atoms with Crippen LogP contribution in [0.1, 0.15) is 11.7 Å². The summed E-state index contributed by atoms with van der Waals surface area (Å²) in [4.78, 5) is 14.8. The average molecular weight is 298 g/mol. The fourth-order valence-electron chi connectivity index (χ4n) is 2.16. The molecule has 3 aromatic rings. The molecule has 0 aromatic carbocycles. The standard InChI is InChI=1S/C15H18N6O/c1-12-17-6-7-21(12)9-8-20(2)11-14-18-15(19-22-14)13-4-3-5-16-10-13/h3-7,10H,8-9,11H2,1-2H3.